The molecular weight excluding hydrogens is 319 g/mol. The van der Waals surface area contributed by atoms with Crippen LogP contribution in [0.4, 0.5) is 0 Å². The van der Waals surface area contributed by atoms with E-state index in [1.165, 1.54) is 0 Å². The molecule has 1 heterocycles. The highest BCUT2D eigenvalue weighted by Gasteiger charge is 2.51. The van der Waals surface area contributed by atoms with Crippen LogP contribution in [0.3, 0.4) is 0 Å². The number of rotatable bonds is 5. The van der Waals surface area contributed by atoms with Crippen LogP contribution in [0.1, 0.15) is 47.1 Å². The molecule has 1 aliphatic rings. The van der Waals surface area contributed by atoms with Crippen molar-refractivity contribution in [1.29, 1.82) is 5.26 Å². The van der Waals surface area contributed by atoms with E-state index < -0.39 is 18.3 Å². The van der Waals surface area contributed by atoms with E-state index in [1.807, 2.05) is 41.5 Å². The smallest absolute Gasteiger partial charge is 0.482 e. The molecule has 1 aromatic carbocycles. The number of carbonyl (C=O) groups is 1. The molecule has 134 valence electrons. The molecule has 1 fully saturated rings. The third-order valence-corrected chi connectivity index (χ3v) is 4.46. The van der Waals surface area contributed by atoms with Gasteiger partial charge in [-0.25, -0.2) is 0 Å². The van der Waals surface area contributed by atoms with Gasteiger partial charge in [-0.2, -0.15) is 5.26 Å². The van der Waals surface area contributed by atoms with Gasteiger partial charge in [-0.05, 0) is 59.1 Å². The van der Waals surface area contributed by atoms with Crippen molar-refractivity contribution in [3.63, 3.8) is 0 Å². The molecular formula is C18H25BN2O4. The Morgan fingerprint density at radius 1 is 1.28 bits per heavy atom. The molecule has 2 rings (SSSR count). The fourth-order valence-electron chi connectivity index (χ4n) is 2.39. The quantitative estimate of drug-likeness (QED) is 0.824. The second-order valence-corrected chi connectivity index (χ2v) is 7.47. The second-order valence-electron chi connectivity index (χ2n) is 7.47. The van der Waals surface area contributed by atoms with Gasteiger partial charge in [-0.1, -0.05) is 6.07 Å². The first-order valence-electron chi connectivity index (χ1n) is 8.37. The number of nitriles is 1. The summed E-state index contributed by atoms with van der Waals surface area (Å²) in [5.74, 6) is 0.135. The van der Waals surface area contributed by atoms with Gasteiger partial charge in [-0.15, -0.1) is 0 Å². The summed E-state index contributed by atoms with van der Waals surface area (Å²) < 4.78 is 17.5. The van der Waals surface area contributed by atoms with Crippen LogP contribution in [0.25, 0.3) is 0 Å². The van der Waals surface area contributed by atoms with Crippen LogP contribution in [0, 0.1) is 11.3 Å². The van der Waals surface area contributed by atoms with Crippen molar-refractivity contribution in [1.82, 2.24) is 5.32 Å². The molecule has 0 saturated carbocycles. The van der Waals surface area contributed by atoms with Gasteiger partial charge in [0.15, 0.2) is 6.61 Å². The number of hydrogen-bond acceptors (Lipinski definition) is 5. The van der Waals surface area contributed by atoms with Crippen LogP contribution in [-0.2, 0) is 14.1 Å². The Bertz CT molecular complexity index is 679. The number of carbonyl (C=O) groups excluding carboxylic acids is 1. The molecule has 6 nitrogen and oxygen atoms in total. The molecule has 0 atom stereocenters. The molecule has 1 aliphatic heterocycles. The van der Waals surface area contributed by atoms with Crippen LogP contribution in [0.5, 0.6) is 5.75 Å². The fraction of sp³-hybridized carbons (Fsp3) is 0.556. The number of ether oxygens (including phenoxy) is 1. The lowest BCUT2D eigenvalue weighted by Crippen LogP contribution is -2.41. The predicted octanol–water partition coefficient (Wildman–Crippen LogP) is 1.76. The van der Waals surface area contributed by atoms with Gasteiger partial charge in [0.05, 0.1) is 16.8 Å². The van der Waals surface area contributed by atoms with E-state index in [1.54, 1.807) is 18.2 Å². The Kier molecular flexibility index (Phi) is 5.45. The molecule has 0 aromatic heterocycles. The third kappa shape index (κ3) is 4.33. The minimum Gasteiger partial charge on any atom is -0.482 e. The SMILES string of the molecule is CC(C)NC(=O)COc1ccc(B2OC(C)(C)C(C)(C)O2)cc1C#N. The molecule has 0 bridgehead atoms. The maximum atomic E-state index is 11.7. The van der Waals surface area contributed by atoms with Crippen molar-refractivity contribution in [2.24, 2.45) is 0 Å². The van der Waals surface area contributed by atoms with Gasteiger partial charge in [0, 0.05) is 6.04 Å². The molecule has 25 heavy (non-hydrogen) atoms. The molecule has 1 amide bonds. The van der Waals surface area contributed by atoms with Crippen LogP contribution in [-0.4, -0.2) is 36.9 Å². The number of nitrogens with one attached hydrogen (secondary N) is 1. The van der Waals surface area contributed by atoms with E-state index in [-0.39, 0.29) is 18.6 Å². The lowest BCUT2D eigenvalue weighted by atomic mass is 9.78. The minimum atomic E-state index is -0.546. The summed E-state index contributed by atoms with van der Waals surface area (Å²) in [4.78, 5) is 11.7. The van der Waals surface area contributed by atoms with Crippen molar-refractivity contribution in [3.05, 3.63) is 23.8 Å². The second kappa shape index (κ2) is 7.07. The Morgan fingerprint density at radius 2 is 1.88 bits per heavy atom. The van der Waals surface area contributed by atoms with Gasteiger partial charge in [0.25, 0.3) is 5.91 Å². The summed E-state index contributed by atoms with van der Waals surface area (Å²) in [7, 11) is -0.546. The normalized spacial score (nSPS) is 18.1. The van der Waals surface area contributed by atoms with Gasteiger partial charge in [0.1, 0.15) is 11.8 Å². The Labute approximate surface area is 149 Å². The third-order valence-electron chi connectivity index (χ3n) is 4.46. The molecule has 1 saturated heterocycles. The highest BCUT2D eigenvalue weighted by atomic mass is 16.7. The number of amides is 1. The Morgan fingerprint density at radius 3 is 2.40 bits per heavy atom. The average Bonchev–Trinajstić information content (AvgIpc) is 2.72. The summed E-state index contributed by atoms with van der Waals surface area (Å²) in [6, 6.07) is 7.27. The number of hydrogen-bond donors (Lipinski definition) is 1. The monoisotopic (exact) mass is 344 g/mol. The van der Waals surface area contributed by atoms with Crippen molar-refractivity contribution in [2.75, 3.05) is 6.61 Å². The van der Waals surface area contributed by atoms with Crippen molar-refractivity contribution < 1.29 is 18.8 Å². The van der Waals surface area contributed by atoms with Crippen LogP contribution in [0.15, 0.2) is 18.2 Å². The van der Waals surface area contributed by atoms with E-state index in [9.17, 15) is 10.1 Å². The van der Waals surface area contributed by atoms with Gasteiger partial charge >= 0.3 is 7.12 Å². The summed E-state index contributed by atoms with van der Waals surface area (Å²) in [5, 5.41) is 12.1. The van der Waals surface area contributed by atoms with Gasteiger partial charge < -0.3 is 19.4 Å². The van der Waals surface area contributed by atoms with E-state index in [4.69, 9.17) is 14.0 Å². The van der Waals surface area contributed by atoms with Crippen LogP contribution < -0.4 is 15.5 Å². The molecule has 1 N–H and O–H groups in total. The molecule has 7 heteroatoms. The zero-order valence-electron chi connectivity index (χ0n) is 15.7. The standard InChI is InChI=1S/C18H25BN2O4/c1-12(2)21-16(22)11-23-15-8-7-14(9-13(15)10-20)19-24-17(3,4)18(5,6)25-19/h7-9,12H,11H2,1-6H3,(H,21,22). The zero-order valence-corrected chi connectivity index (χ0v) is 15.7. The number of nitrogens with zero attached hydrogens (tertiary/aromatic N) is 1. The molecule has 0 unspecified atom stereocenters. The maximum Gasteiger partial charge on any atom is 0.494 e. The Hall–Kier alpha value is -2.04. The summed E-state index contributed by atoms with van der Waals surface area (Å²) in [6.45, 7) is 11.5. The largest absolute Gasteiger partial charge is 0.494 e. The van der Waals surface area contributed by atoms with Crippen molar-refractivity contribution >= 4 is 18.5 Å². The van der Waals surface area contributed by atoms with E-state index >= 15 is 0 Å². The number of benzene rings is 1. The highest BCUT2D eigenvalue weighted by Crippen LogP contribution is 2.36. The summed E-state index contributed by atoms with van der Waals surface area (Å²) in [5.41, 5.74) is 0.183. The van der Waals surface area contributed by atoms with Crippen molar-refractivity contribution in [2.45, 2.75) is 58.8 Å². The fourth-order valence-corrected chi connectivity index (χ4v) is 2.39. The lowest BCUT2D eigenvalue weighted by Gasteiger charge is -2.32. The average molecular weight is 344 g/mol. The van der Waals surface area contributed by atoms with Crippen molar-refractivity contribution in [3.8, 4) is 11.8 Å². The first-order chi connectivity index (χ1) is 11.6. The molecule has 1 aromatic rings. The highest BCUT2D eigenvalue weighted by molar-refractivity contribution is 6.62. The van der Waals surface area contributed by atoms with E-state index in [0.717, 1.165) is 5.46 Å². The summed E-state index contributed by atoms with van der Waals surface area (Å²) in [6.07, 6.45) is 0. The van der Waals surface area contributed by atoms with E-state index in [0.29, 0.717) is 11.3 Å². The maximum absolute atomic E-state index is 11.7. The van der Waals surface area contributed by atoms with Crippen LogP contribution >= 0.6 is 0 Å². The molecule has 0 spiro atoms. The topological polar surface area (TPSA) is 80.6 Å². The first kappa shape index (κ1) is 19.3. The molecule has 0 radical (unpaired) electrons. The van der Waals surface area contributed by atoms with Crippen LogP contribution in [0.2, 0.25) is 0 Å². The lowest BCUT2D eigenvalue weighted by molar-refractivity contribution is -0.123. The Balaban J connectivity index is 2.13. The first-order valence-corrected chi connectivity index (χ1v) is 8.37. The molecule has 0 aliphatic carbocycles. The minimum absolute atomic E-state index is 0.0392. The zero-order chi connectivity index (χ0) is 18.8. The van der Waals surface area contributed by atoms with E-state index in [2.05, 4.69) is 11.4 Å². The predicted molar refractivity (Wildman–Crippen MR) is 95.6 cm³/mol. The van der Waals surface area contributed by atoms with Gasteiger partial charge in [-0.3, -0.25) is 4.79 Å². The summed E-state index contributed by atoms with van der Waals surface area (Å²) >= 11 is 0. The van der Waals surface area contributed by atoms with Gasteiger partial charge in [0.2, 0.25) is 0 Å².